The fraction of sp³-hybridized carbons (Fsp3) is 0.200. The molecule has 2 amide bonds. The highest BCUT2D eigenvalue weighted by molar-refractivity contribution is 9.11. The number of ether oxygens (including phenoxy) is 2. The molecule has 0 radical (unpaired) electrons. The minimum atomic E-state index is -0.756. The summed E-state index contributed by atoms with van der Waals surface area (Å²) in [4.78, 5) is 22.0. The summed E-state index contributed by atoms with van der Waals surface area (Å²) in [7, 11) is 1.19. The fourth-order valence-corrected chi connectivity index (χ4v) is 2.10. The van der Waals surface area contributed by atoms with E-state index in [-0.39, 0.29) is 6.61 Å². The first-order valence-corrected chi connectivity index (χ1v) is 6.32. The van der Waals surface area contributed by atoms with Crippen molar-refractivity contribution in [1.82, 2.24) is 10.9 Å². The fourth-order valence-electron chi connectivity index (χ4n) is 0.943. The molecule has 0 aliphatic rings. The standard InChI is InChI=1S/C10H10Br2N2O4/c1-17-10(16)14-13-9(15)5-18-8-3-2-6(11)4-7(8)12/h2-4H,5H2,1H3,(H,13,15)(H,14,16). The van der Waals surface area contributed by atoms with E-state index in [1.807, 2.05) is 5.43 Å². The highest BCUT2D eigenvalue weighted by atomic mass is 79.9. The summed E-state index contributed by atoms with van der Waals surface area (Å²) in [5.74, 6) is 0.0154. The Morgan fingerprint density at radius 3 is 2.61 bits per heavy atom. The summed E-state index contributed by atoms with van der Waals surface area (Å²) >= 11 is 6.59. The van der Waals surface area contributed by atoms with Crippen LogP contribution in [0, 0.1) is 0 Å². The van der Waals surface area contributed by atoms with Gasteiger partial charge in [0.05, 0.1) is 11.6 Å². The second-order valence-electron chi connectivity index (χ2n) is 3.03. The normalized spacial score (nSPS) is 9.50. The number of halogens is 2. The number of methoxy groups -OCH3 is 1. The summed E-state index contributed by atoms with van der Waals surface area (Å²) in [6.45, 7) is -0.232. The van der Waals surface area contributed by atoms with E-state index in [1.165, 1.54) is 7.11 Å². The smallest absolute Gasteiger partial charge is 0.425 e. The Hall–Kier alpha value is -1.28. The predicted octanol–water partition coefficient (Wildman–Crippen LogP) is 1.98. The van der Waals surface area contributed by atoms with Crippen molar-refractivity contribution in [2.24, 2.45) is 0 Å². The SMILES string of the molecule is COC(=O)NNC(=O)COc1ccc(Br)cc1Br. The number of carbonyl (C=O) groups is 2. The zero-order valence-corrected chi connectivity index (χ0v) is 12.5. The molecule has 98 valence electrons. The van der Waals surface area contributed by atoms with E-state index >= 15 is 0 Å². The van der Waals surface area contributed by atoms with E-state index in [1.54, 1.807) is 18.2 Å². The Bertz CT molecular complexity index is 454. The highest BCUT2D eigenvalue weighted by Gasteiger charge is 2.07. The molecular weight excluding hydrogens is 372 g/mol. The van der Waals surface area contributed by atoms with Crippen LogP contribution in [-0.4, -0.2) is 25.7 Å². The Morgan fingerprint density at radius 1 is 1.28 bits per heavy atom. The number of hydrazine groups is 1. The number of amides is 2. The summed E-state index contributed by atoms with van der Waals surface area (Å²) in [6, 6.07) is 5.28. The van der Waals surface area contributed by atoms with Gasteiger partial charge >= 0.3 is 6.09 Å². The maximum Gasteiger partial charge on any atom is 0.425 e. The number of rotatable bonds is 3. The average molecular weight is 382 g/mol. The third-order valence-corrected chi connectivity index (χ3v) is 2.86. The van der Waals surface area contributed by atoms with Crippen LogP contribution >= 0.6 is 31.9 Å². The van der Waals surface area contributed by atoms with Crippen LogP contribution in [0.5, 0.6) is 5.75 Å². The number of hydrogen-bond acceptors (Lipinski definition) is 4. The molecule has 0 bridgehead atoms. The number of hydrogen-bond donors (Lipinski definition) is 2. The van der Waals surface area contributed by atoms with Gasteiger partial charge < -0.3 is 9.47 Å². The van der Waals surface area contributed by atoms with Gasteiger partial charge in [-0.3, -0.25) is 10.2 Å². The van der Waals surface area contributed by atoms with E-state index in [4.69, 9.17) is 4.74 Å². The lowest BCUT2D eigenvalue weighted by Gasteiger charge is -2.09. The van der Waals surface area contributed by atoms with Gasteiger partial charge in [0, 0.05) is 4.47 Å². The highest BCUT2D eigenvalue weighted by Crippen LogP contribution is 2.27. The summed E-state index contributed by atoms with van der Waals surface area (Å²) < 4.78 is 11.1. The molecule has 2 N–H and O–H groups in total. The molecule has 0 aliphatic heterocycles. The molecule has 0 unspecified atom stereocenters. The van der Waals surface area contributed by atoms with E-state index in [0.29, 0.717) is 10.2 Å². The van der Waals surface area contributed by atoms with Crippen LogP contribution < -0.4 is 15.6 Å². The van der Waals surface area contributed by atoms with Crippen molar-refractivity contribution in [1.29, 1.82) is 0 Å². The van der Waals surface area contributed by atoms with Gasteiger partial charge in [-0.05, 0) is 34.1 Å². The zero-order chi connectivity index (χ0) is 13.5. The lowest BCUT2D eigenvalue weighted by Crippen LogP contribution is -2.43. The maximum absolute atomic E-state index is 11.3. The van der Waals surface area contributed by atoms with Crippen LogP contribution in [-0.2, 0) is 9.53 Å². The van der Waals surface area contributed by atoms with Gasteiger partial charge in [-0.15, -0.1) is 0 Å². The first-order valence-electron chi connectivity index (χ1n) is 4.73. The Morgan fingerprint density at radius 2 is 2.00 bits per heavy atom. The van der Waals surface area contributed by atoms with E-state index in [0.717, 1.165) is 4.47 Å². The number of carbonyl (C=O) groups excluding carboxylic acids is 2. The molecule has 0 spiro atoms. The molecule has 0 heterocycles. The van der Waals surface area contributed by atoms with Gasteiger partial charge in [0.1, 0.15) is 5.75 Å². The number of benzene rings is 1. The molecule has 18 heavy (non-hydrogen) atoms. The molecule has 1 aromatic rings. The van der Waals surface area contributed by atoms with Gasteiger partial charge in [-0.1, -0.05) is 15.9 Å². The van der Waals surface area contributed by atoms with E-state index in [9.17, 15) is 9.59 Å². The van der Waals surface area contributed by atoms with Crippen LogP contribution in [0.3, 0.4) is 0 Å². The molecule has 0 atom stereocenters. The predicted molar refractivity (Wildman–Crippen MR) is 71.0 cm³/mol. The van der Waals surface area contributed by atoms with Crippen molar-refractivity contribution >= 4 is 43.9 Å². The van der Waals surface area contributed by atoms with Crippen LogP contribution in [0.2, 0.25) is 0 Å². The van der Waals surface area contributed by atoms with Crippen LogP contribution in [0.4, 0.5) is 4.79 Å². The minimum Gasteiger partial charge on any atom is -0.483 e. The van der Waals surface area contributed by atoms with E-state index in [2.05, 4.69) is 42.0 Å². The van der Waals surface area contributed by atoms with E-state index < -0.39 is 12.0 Å². The van der Waals surface area contributed by atoms with Crippen LogP contribution in [0.15, 0.2) is 27.1 Å². The summed E-state index contributed by atoms with van der Waals surface area (Å²) in [5.41, 5.74) is 4.15. The summed E-state index contributed by atoms with van der Waals surface area (Å²) in [6.07, 6.45) is -0.756. The third-order valence-electron chi connectivity index (χ3n) is 1.74. The topological polar surface area (TPSA) is 76.7 Å². The Labute approximate surface area is 120 Å². The quantitative estimate of drug-likeness (QED) is 0.785. The molecule has 8 heteroatoms. The van der Waals surface area contributed by atoms with Gasteiger partial charge in [0.2, 0.25) is 0 Å². The molecule has 0 fully saturated rings. The minimum absolute atomic E-state index is 0.232. The monoisotopic (exact) mass is 380 g/mol. The Kier molecular flexibility index (Phi) is 5.93. The Balaban J connectivity index is 2.40. The van der Waals surface area contributed by atoms with Crippen molar-refractivity contribution < 1.29 is 19.1 Å². The molecule has 1 rings (SSSR count). The van der Waals surface area contributed by atoms with Crippen molar-refractivity contribution in [2.45, 2.75) is 0 Å². The lowest BCUT2D eigenvalue weighted by atomic mass is 10.3. The number of nitrogens with one attached hydrogen (secondary N) is 2. The zero-order valence-electron chi connectivity index (χ0n) is 9.33. The molecular formula is C10H10Br2N2O4. The first-order chi connectivity index (χ1) is 8.52. The molecule has 0 aromatic heterocycles. The van der Waals surface area contributed by atoms with Gasteiger partial charge in [-0.25, -0.2) is 10.2 Å². The van der Waals surface area contributed by atoms with Gasteiger partial charge in [0.15, 0.2) is 6.61 Å². The molecule has 0 saturated carbocycles. The molecule has 0 aliphatic carbocycles. The molecule has 1 aromatic carbocycles. The second-order valence-corrected chi connectivity index (χ2v) is 4.80. The van der Waals surface area contributed by atoms with Crippen molar-refractivity contribution in [2.75, 3.05) is 13.7 Å². The maximum atomic E-state index is 11.3. The van der Waals surface area contributed by atoms with Gasteiger partial charge in [-0.2, -0.15) is 0 Å². The largest absolute Gasteiger partial charge is 0.483 e. The molecule has 0 saturated heterocycles. The summed E-state index contributed by atoms with van der Waals surface area (Å²) in [5, 5.41) is 0. The van der Waals surface area contributed by atoms with Crippen LogP contribution in [0.1, 0.15) is 0 Å². The second kappa shape index (κ2) is 7.22. The van der Waals surface area contributed by atoms with Crippen molar-refractivity contribution in [3.05, 3.63) is 27.1 Å². The lowest BCUT2D eigenvalue weighted by molar-refractivity contribution is -0.123. The molecule has 6 nitrogen and oxygen atoms in total. The third kappa shape index (κ3) is 4.92. The average Bonchev–Trinajstić information content (AvgIpc) is 2.34. The van der Waals surface area contributed by atoms with Crippen molar-refractivity contribution in [3.8, 4) is 5.75 Å². The van der Waals surface area contributed by atoms with Crippen molar-refractivity contribution in [3.63, 3.8) is 0 Å². The van der Waals surface area contributed by atoms with Gasteiger partial charge in [0.25, 0.3) is 5.91 Å². The first kappa shape index (κ1) is 14.8. The van der Waals surface area contributed by atoms with Crippen LogP contribution in [0.25, 0.3) is 0 Å².